The molecule has 1 aromatic heterocycles. The third-order valence-electron chi connectivity index (χ3n) is 4.47. The number of nitrogens with one attached hydrogen (secondary N) is 1. The van der Waals surface area contributed by atoms with E-state index in [4.69, 9.17) is 9.47 Å². The first-order valence-electron chi connectivity index (χ1n) is 10.0. The second-order valence-corrected chi connectivity index (χ2v) is 8.22. The van der Waals surface area contributed by atoms with Crippen LogP contribution in [0, 0.1) is 0 Å². The number of hydrogen-bond donors (Lipinski definition) is 1. The Morgan fingerprint density at radius 3 is 2.37 bits per heavy atom. The molecule has 0 bridgehead atoms. The molecule has 0 saturated carbocycles. The van der Waals surface area contributed by atoms with Crippen LogP contribution in [0.15, 0.2) is 67.0 Å². The molecule has 1 atom stereocenters. The highest BCUT2D eigenvalue weighted by atomic mass is 16.6. The zero-order valence-electron chi connectivity index (χ0n) is 18.0. The molecule has 0 spiro atoms. The van der Waals surface area contributed by atoms with Gasteiger partial charge in [-0.25, -0.2) is 9.78 Å². The fraction of sp³-hybridized carbons (Fsp3) is 0.333. The maximum atomic E-state index is 12.3. The van der Waals surface area contributed by atoms with E-state index in [9.17, 15) is 4.79 Å². The van der Waals surface area contributed by atoms with Crippen LogP contribution in [-0.4, -0.2) is 21.2 Å². The molecule has 158 valence electrons. The molecule has 1 amide bonds. The number of aromatic nitrogens is 2. The van der Waals surface area contributed by atoms with Crippen LogP contribution in [0.4, 0.5) is 4.79 Å². The molecule has 0 radical (unpaired) electrons. The van der Waals surface area contributed by atoms with E-state index >= 15 is 0 Å². The van der Waals surface area contributed by atoms with Gasteiger partial charge in [0.25, 0.3) is 0 Å². The Morgan fingerprint density at radius 1 is 1.07 bits per heavy atom. The molecule has 0 aliphatic carbocycles. The van der Waals surface area contributed by atoms with Gasteiger partial charge in [-0.2, -0.15) is 0 Å². The van der Waals surface area contributed by atoms with Gasteiger partial charge >= 0.3 is 6.09 Å². The summed E-state index contributed by atoms with van der Waals surface area (Å²) in [5, 5.41) is 2.95. The SMILES string of the molecule is Cn1ccnc1[C@H](Cc1ccc(OCc2ccccc2)cc1)NC(=O)OC(C)(C)C. The van der Waals surface area contributed by atoms with Gasteiger partial charge in [-0.1, -0.05) is 42.5 Å². The van der Waals surface area contributed by atoms with Gasteiger partial charge in [0.1, 0.15) is 23.8 Å². The zero-order chi connectivity index (χ0) is 21.6. The van der Waals surface area contributed by atoms with Crippen LogP contribution in [-0.2, 0) is 24.8 Å². The molecule has 6 nitrogen and oxygen atoms in total. The lowest BCUT2D eigenvalue weighted by Gasteiger charge is -2.23. The summed E-state index contributed by atoms with van der Waals surface area (Å²) in [7, 11) is 1.91. The summed E-state index contributed by atoms with van der Waals surface area (Å²) in [4.78, 5) is 16.8. The van der Waals surface area contributed by atoms with E-state index < -0.39 is 11.7 Å². The number of nitrogens with zero attached hydrogens (tertiary/aromatic N) is 2. The highest BCUT2D eigenvalue weighted by Gasteiger charge is 2.23. The Labute approximate surface area is 177 Å². The topological polar surface area (TPSA) is 65.4 Å². The average molecular weight is 408 g/mol. The number of imidazole rings is 1. The number of alkyl carbamates (subject to hydrolysis) is 1. The maximum Gasteiger partial charge on any atom is 0.408 e. The molecule has 0 fully saturated rings. The summed E-state index contributed by atoms with van der Waals surface area (Å²) in [5.74, 6) is 1.57. The van der Waals surface area contributed by atoms with Gasteiger partial charge in [0.2, 0.25) is 0 Å². The van der Waals surface area contributed by atoms with Crippen LogP contribution in [0.5, 0.6) is 5.75 Å². The molecule has 30 heavy (non-hydrogen) atoms. The lowest BCUT2D eigenvalue weighted by molar-refractivity contribution is 0.0500. The summed E-state index contributed by atoms with van der Waals surface area (Å²) < 4.78 is 13.2. The molecule has 3 rings (SSSR count). The van der Waals surface area contributed by atoms with Crippen molar-refractivity contribution in [1.82, 2.24) is 14.9 Å². The minimum absolute atomic E-state index is 0.309. The Balaban J connectivity index is 1.66. The number of aryl methyl sites for hydroxylation is 1. The number of amides is 1. The zero-order valence-corrected chi connectivity index (χ0v) is 18.0. The smallest absolute Gasteiger partial charge is 0.408 e. The molecule has 1 heterocycles. The van der Waals surface area contributed by atoms with Crippen molar-refractivity contribution in [3.63, 3.8) is 0 Å². The minimum atomic E-state index is -0.561. The van der Waals surface area contributed by atoms with Crippen molar-refractivity contribution in [2.24, 2.45) is 7.05 Å². The molecule has 3 aromatic rings. The third-order valence-corrected chi connectivity index (χ3v) is 4.47. The standard InChI is InChI=1S/C24H29N3O3/c1-24(2,3)30-23(28)26-21(22-25-14-15-27(22)4)16-18-10-12-20(13-11-18)29-17-19-8-6-5-7-9-19/h5-15,21H,16-17H2,1-4H3,(H,26,28)/t21-/m0/s1. The van der Waals surface area contributed by atoms with Crippen molar-refractivity contribution in [3.05, 3.63) is 83.9 Å². The lowest BCUT2D eigenvalue weighted by Crippen LogP contribution is -2.36. The molecular weight excluding hydrogens is 378 g/mol. The number of benzene rings is 2. The van der Waals surface area contributed by atoms with Crippen LogP contribution in [0.2, 0.25) is 0 Å². The minimum Gasteiger partial charge on any atom is -0.489 e. The first kappa shape index (κ1) is 21.4. The summed E-state index contributed by atoms with van der Waals surface area (Å²) >= 11 is 0. The van der Waals surface area contributed by atoms with Crippen LogP contribution in [0.25, 0.3) is 0 Å². The summed E-state index contributed by atoms with van der Waals surface area (Å²) in [5.41, 5.74) is 1.62. The van der Waals surface area contributed by atoms with Crippen molar-refractivity contribution in [2.45, 2.75) is 45.4 Å². The van der Waals surface area contributed by atoms with E-state index in [-0.39, 0.29) is 6.04 Å². The highest BCUT2D eigenvalue weighted by Crippen LogP contribution is 2.21. The van der Waals surface area contributed by atoms with E-state index in [1.807, 2.05) is 93.2 Å². The molecule has 1 N–H and O–H groups in total. The molecular formula is C24H29N3O3. The maximum absolute atomic E-state index is 12.3. The van der Waals surface area contributed by atoms with E-state index in [0.717, 1.165) is 22.7 Å². The van der Waals surface area contributed by atoms with Crippen molar-refractivity contribution in [3.8, 4) is 5.75 Å². The molecule has 0 aliphatic rings. The Hall–Kier alpha value is -3.28. The van der Waals surface area contributed by atoms with Crippen molar-refractivity contribution in [1.29, 1.82) is 0 Å². The number of carbonyl (C=O) groups is 1. The van der Waals surface area contributed by atoms with Crippen LogP contribution >= 0.6 is 0 Å². The summed E-state index contributed by atoms with van der Waals surface area (Å²) in [6.07, 6.45) is 3.71. The van der Waals surface area contributed by atoms with Gasteiger partial charge < -0.3 is 19.4 Å². The Morgan fingerprint density at radius 2 is 1.77 bits per heavy atom. The summed E-state index contributed by atoms with van der Waals surface area (Å²) in [6, 6.07) is 17.6. The fourth-order valence-corrected chi connectivity index (χ4v) is 3.07. The molecule has 6 heteroatoms. The molecule has 0 aliphatic heterocycles. The number of rotatable bonds is 7. The first-order chi connectivity index (χ1) is 14.3. The Bertz CT molecular complexity index is 944. The average Bonchev–Trinajstić information content (AvgIpc) is 3.12. The predicted molar refractivity (Wildman–Crippen MR) is 116 cm³/mol. The number of carbonyl (C=O) groups excluding carboxylic acids is 1. The highest BCUT2D eigenvalue weighted by molar-refractivity contribution is 5.68. The monoisotopic (exact) mass is 407 g/mol. The second kappa shape index (κ2) is 9.48. The van der Waals surface area contributed by atoms with Gasteiger partial charge in [-0.3, -0.25) is 0 Å². The summed E-state index contributed by atoms with van der Waals surface area (Å²) in [6.45, 7) is 6.06. The van der Waals surface area contributed by atoms with Gasteiger partial charge in [-0.05, 0) is 44.0 Å². The quantitative estimate of drug-likeness (QED) is 0.611. The van der Waals surface area contributed by atoms with Crippen molar-refractivity contribution in [2.75, 3.05) is 0 Å². The number of ether oxygens (including phenoxy) is 2. The fourth-order valence-electron chi connectivity index (χ4n) is 3.07. The van der Waals surface area contributed by atoms with Crippen molar-refractivity contribution < 1.29 is 14.3 Å². The van der Waals surface area contributed by atoms with Crippen LogP contribution in [0.3, 0.4) is 0 Å². The second-order valence-electron chi connectivity index (χ2n) is 8.22. The van der Waals surface area contributed by atoms with Gasteiger partial charge in [0.05, 0.1) is 6.04 Å². The third kappa shape index (κ3) is 6.37. The van der Waals surface area contributed by atoms with Crippen molar-refractivity contribution >= 4 is 6.09 Å². The van der Waals surface area contributed by atoms with E-state index in [2.05, 4.69) is 10.3 Å². The van der Waals surface area contributed by atoms with E-state index in [1.165, 1.54) is 0 Å². The predicted octanol–water partition coefficient (Wildman–Crippen LogP) is 4.81. The van der Waals surface area contributed by atoms with Crippen LogP contribution in [0.1, 0.15) is 43.8 Å². The normalized spacial score (nSPS) is 12.3. The first-order valence-corrected chi connectivity index (χ1v) is 10.0. The van der Waals surface area contributed by atoms with Crippen LogP contribution < -0.4 is 10.1 Å². The molecule has 0 saturated heterocycles. The molecule has 0 unspecified atom stereocenters. The number of hydrogen-bond acceptors (Lipinski definition) is 4. The molecule has 2 aromatic carbocycles. The largest absolute Gasteiger partial charge is 0.489 e. The van der Waals surface area contributed by atoms with Gasteiger partial charge in [0, 0.05) is 25.9 Å². The lowest BCUT2D eigenvalue weighted by atomic mass is 10.1. The van der Waals surface area contributed by atoms with E-state index in [0.29, 0.717) is 13.0 Å². The van der Waals surface area contributed by atoms with Gasteiger partial charge in [-0.15, -0.1) is 0 Å². The van der Waals surface area contributed by atoms with Gasteiger partial charge in [0.15, 0.2) is 0 Å². The Kier molecular flexibility index (Phi) is 6.77. The van der Waals surface area contributed by atoms with E-state index in [1.54, 1.807) is 6.20 Å².